The first-order chi connectivity index (χ1) is 19.7. The number of rotatable bonds is 9. The standard InChI is InChI=1S/C30H26ClFN4O4S/c1-35(29(40)20(15-26(38)39)14-18-6-3-2-4-7-18)30-34-27(28(32)41-30)23-16-21(31)10-11-22(23)19-9-12-24(33-17-19)36-13-5-8-25(36)37/h2-4,6-7,9-12,16-17,20H,5,8,13-15H2,1H3,(H,38,39)/t20-/m1/s1. The van der Waals surface area contributed by atoms with Crippen molar-refractivity contribution in [2.24, 2.45) is 5.92 Å². The van der Waals surface area contributed by atoms with E-state index in [0.29, 0.717) is 51.8 Å². The van der Waals surface area contributed by atoms with Crippen molar-refractivity contribution in [3.63, 3.8) is 0 Å². The first-order valence-electron chi connectivity index (χ1n) is 13.0. The van der Waals surface area contributed by atoms with Crippen molar-refractivity contribution >= 4 is 51.7 Å². The monoisotopic (exact) mass is 592 g/mol. The van der Waals surface area contributed by atoms with Gasteiger partial charge in [-0.1, -0.05) is 59.3 Å². The van der Waals surface area contributed by atoms with Crippen molar-refractivity contribution in [3.8, 4) is 22.4 Å². The fraction of sp³-hybridized carbons (Fsp3) is 0.233. The third-order valence-corrected chi connectivity index (χ3v) is 8.09. The van der Waals surface area contributed by atoms with Crippen LogP contribution in [0.2, 0.25) is 5.02 Å². The summed E-state index contributed by atoms with van der Waals surface area (Å²) >= 11 is 6.99. The van der Waals surface area contributed by atoms with Gasteiger partial charge in [0.15, 0.2) is 5.13 Å². The molecule has 1 aliphatic heterocycles. The Bertz CT molecular complexity index is 1600. The zero-order valence-corrected chi connectivity index (χ0v) is 23.7. The largest absolute Gasteiger partial charge is 0.481 e. The molecule has 41 heavy (non-hydrogen) atoms. The molecule has 0 spiro atoms. The average molecular weight is 593 g/mol. The molecule has 0 aliphatic carbocycles. The minimum absolute atomic E-state index is 0.0128. The van der Waals surface area contributed by atoms with Gasteiger partial charge in [0.2, 0.25) is 16.9 Å². The Balaban J connectivity index is 1.44. The van der Waals surface area contributed by atoms with E-state index in [2.05, 4.69) is 9.97 Å². The van der Waals surface area contributed by atoms with Crippen LogP contribution in [0.5, 0.6) is 0 Å². The van der Waals surface area contributed by atoms with Crippen LogP contribution in [0.1, 0.15) is 24.8 Å². The molecule has 3 heterocycles. The van der Waals surface area contributed by atoms with Crippen LogP contribution in [0.3, 0.4) is 0 Å². The number of carbonyl (C=O) groups is 3. The van der Waals surface area contributed by atoms with E-state index in [0.717, 1.165) is 12.0 Å². The molecule has 0 saturated carbocycles. The van der Waals surface area contributed by atoms with E-state index in [4.69, 9.17) is 11.6 Å². The van der Waals surface area contributed by atoms with E-state index < -0.39 is 22.9 Å². The minimum Gasteiger partial charge on any atom is -0.481 e. The number of halogens is 2. The highest BCUT2D eigenvalue weighted by molar-refractivity contribution is 7.14. The van der Waals surface area contributed by atoms with E-state index >= 15 is 4.39 Å². The molecule has 1 N–H and O–H groups in total. The molecule has 2 aromatic carbocycles. The number of carboxylic acid groups (broad SMARTS) is 1. The summed E-state index contributed by atoms with van der Waals surface area (Å²) in [6.07, 6.45) is 2.76. The van der Waals surface area contributed by atoms with Crippen molar-refractivity contribution in [1.82, 2.24) is 9.97 Å². The van der Waals surface area contributed by atoms with Crippen LogP contribution in [0, 0.1) is 11.0 Å². The molecule has 1 atom stereocenters. The van der Waals surface area contributed by atoms with Gasteiger partial charge in [-0.2, -0.15) is 4.39 Å². The van der Waals surface area contributed by atoms with Crippen LogP contribution in [0.15, 0.2) is 66.9 Å². The predicted octanol–water partition coefficient (Wildman–Crippen LogP) is 6.09. The zero-order valence-electron chi connectivity index (χ0n) is 22.1. The quantitative estimate of drug-likeness (QED) is 0.252. The lowest BCUT2D eigenvalue weighted by atomic mass is 9.95. The van der Waals surface area contributed by atoms with Crippen molar-refractivity contribution in [1.29, 1.82) is 0 Å². The van der Waals surface area contributed by atoms with Crippen molar-refractivity contribution in [2.45, 2.75) is 25.7 Å². The Morgan fingerprint density at radius 3 is 2.59 bits per heavy atom. The zero-order chi connectivity index (χ0) is 29.1. The van der Waals surface area contributed by atoms with Gasteiger partial charge < -0.3 is 5.11 Å². The SMILES string of the molecule is CN(C(=O)[C@@H](CC(=O)O)Cc1ccccc1)c1nc(-c2cc(Cl)ccc2-c2ccc(N3CCCC3=O)nc2)c(F)s1. The lowest BCUT2D eigenvalue weighted by molar-refractivity contribution is -0.140. The molecule has 0 bridgehead atoms. The maximum absolute atomic E-state index is 15.4. The number of thiazole rings is 1. The summed E-state index contributed by atoms with van der Waals surface area (Å²) in [6.45, 7) is 0.620. The Labute approximate surface area is 245 Å². The van der Waals surface area contributed by atoms with Gasteiger partial charge in [-0.05, 0) is 48.2 Å². The number of carbonyl (C=O) groups excluding carboxylic acids is 2. The van der Waals surface area contributed by atoms with E-state index in [1.165, 1.54) is 11.9 Å². The molecule has 210 valence electrons. The molecule has 1 fully saturated rings. The summed E-state index contributed by atoms with van der Waals surface area (Å²) in [5, 5.41) is 9.29. The van der Waals surface area contributed by atoms with Crippen LogP contribution in [-0.2, 0) is 20.8 Å². The van der Waals surface area contributed by atoms with Crippen LogP contribution in [0.25, 0.3) is 22.4 Å². The lowest BCUT2D eigenvalue weighted by Gasteiger charge is -2.21. The second kappa shape index (κ2) is 12.2. The molecular formula is C30H26ClFN4O4S. The molecule has 4 aromatic rings. The number of aliphatic carboxylic acids is 1. The van der Waals surface area contributed by atoms with Gasteiger partial charge in [-0.3, -0.25) is 24.2 Å². The van der Waals surface area contributed by atoms with E-state index in [1.807, 2.05) is 36.4 Å². The number of hydrogen-bond acceptors (Lipinski definition) is 6. The average Bonchev–Trinajstić information content (AvgIpc) is 3.57. The van der Waals surface area contributed by atoms with Crippen LogP contribution in [0.4, 0.5) is 15.3 Å². The first-order valence-corrected chi connectivity index (χ1v) is 14.2. The molecule has 2 amide bonds. The Morgan fingerprint density at radius 1 is 1.15 bits per heavy atom. The van der Waals surface area contributed by atoms with E-state index in [-0.39, 0.29) is 29.6 Å². The Kier molecular flexibility index (Phi) is 8.41. The van der Waals surface area contributed by atoms with E-state index in [9.17, 15) is 19.5 Å². The summed E-state index contributed by atoms with van der Waals surface area (Å²) in [4.78, 5) is 48.8. The molecule has 11 heteroatoms. The number of nitrogens with zero attached hydrogens (tertiary/aromatic N) is 4. The Hall–Kier alpha value is -4.15. The lowest BCUT2D eigenvalue weighted by Crippen LogP contribution is -2.35. The summed E-state index contributed by atoms with van der Waals surface area (Å²) in [5.41, 5.74) is 2.55. The second-order valence-corrected chi connectivity index (χ2v) is 11.1. The van der Waals surface area contributed by atoms with Crippen molar-refractivity contribution in [2.75, 3.05) is 23.4 Å². The third-order valence-electron chi connectivity index (χ3n) is 6.93. The third kappa shape index (κ3) is 6.28. The smallest absolute Gasteiger partial charge is 0.304 e. The molecule has 5 rings (SSSR count). The van der Waals surface area contributed by atoms with E-state index in [1.54, 1.807) is 35.4 Å². The highest BCUT2D eigenvalue weighted by atomic mass is 35.5. The fourth-order valence-electron chi connectivity index (χ4n) is 4.88. The summed E-state index contributed by atoms with van der Waals surface area (Å²) in [5.74, 6) is -1.85. The van der Waals surface area contributed by atoms with Crippen molar-refractivity contribution < 1.29 is 23.9 Å². The normalized spacial score (nSPS) is 13.8. The molecule has 8 nitrogen and oxygen atoms in total. The van der Waals surface area contributed by atoms with Gasteiger partial charge in [0, 0.05) is 42.4 Å². The molecular weight excluding hydrogens is 567 g/mol. The van der Waals surface area contributed by atoms with Crippen molar-refractivity contribution in [3.05, 3.63) is 82.6 Å². The predicted molar refractivity (Wildman–Crippen MR) is 157 cm³/mol. The number of amides is 2. The first kappa shape index (κ1) is 28.4. The topological polar surface area (TPSA) is 104 Å². The maximum Gasteiger partial charge on any atom is 0.304 e. The number of pyridine rings is 1. The van der Waals surface area contributed by atoms with Gasteiger partial charge in [0.25, 0.3) is 0 Å². The van der Waals surface area contributed by atoms with Gasteiger partial charge >= 0.3 is 5.97 Å². The highest BCUT2D eigenvalue weighted by Crippen LogP contribution is 2.39. The molecule has 0 unspecified atom stereocenters. The van der Waals surface area contributed by atoms with Crippen LogP contribution < -0.4 is 9.80 Å². The number of anilines is 2. The summed E-state index contributed by atoms with van der Waals surface area (Å²) in [6, 6.07) is 17.7. The van der Waals surface area contributed by atoms with Gasteiger partial charge in [0.05, 0.1) is 12.3 Å². The van der Waals surface area contributed by atoms with Crippen LogP contribution in [-0.4, -0.2) is 46.5 Å². The molecule has 2 aromatic heterocycles. The van der Waals surface area contributed by atoms with Gasteiger partial charge in [-0.25, -0.2) is 9.97 Å². The second-order valence-electron chi connectivity index (χ2n) is 9.74. The molecule has 1 saturated heterocycles. The number of aromatic nitrogens is 2. The van der Waals surface area contributed by atoms with Gasteiger partial charge in [-0.15, -0.1) is 0 Å². The minimum atomic E-state index is -1.10. The number of hydrogen-bond donors (Lipinski definition) is 1. The molecule has 0 radical (unpaired) electrons. The number of carboxylic acids is 1. The number of benzene rings is 2. The fourth-order valence-corrected chi connectivity index (χ4v) is 5.83. The summed E-state index contributed by atoms with van der Waals surface area (Å²) in [7, 11) is 1.46. The summed E-state index contributed by atoms with van der Waals surface area (Å²) < 4.78 is 15.4. The van der Waals surface area contributed by atoms with Crippen LogP contribution >= 0.6 is 22.9 Å². The highest BCUT2D eigenvalue weighted by Gasteiger charge is 2.29. The Morgan fingerprint density at radius 2 is 1.93 bits per heavy atom. The molecule has 1 aliphatic rings. The maximum atomic E-state index is 15.4. The van der Waals surface area contributed by atoms with Gasteiger partial charge in [0.1, 0.15) is 11.5 Å².